The molecule has 0 unspecified atom stereocenters. The van der Waals surface area contributed by atoms with Gasteiger partial charge in [-0.3, -0.25) is 14.4 Å². The quantitative estimate of drug-likeness (QED) is 0.226. The minimum atomic E-state index is -1.50. The van der Waals surface area contributed by atoms with Gasteiger partial charge in [0.25, 0.3) is 0 Å². The molecular formula is C33H22ClNO3. The Balaban J connectivity index is 1.56. The van der Waals surface area contributed by atoms with Crippen LogP contribution in [-0.4, -0.2) is 29.4 Å². The Morgan fingerprint density at radius 3 is 2.05 bits per heavy atom. The van der Waals surface area contributed by atoms with Crippen molar-refractivity contribution in [3.05, 3.63) is 142 Å². The molecule has 1 aliphatic carbocycles. The summed E-state index contributed by atoms with van der Waals surface area (Å²) in [5.41, 5.74) is 2.22. The monoisotopic (exact) mass is 515 g/mol. The number of carbonyl (C=O) groups excluding carboxylic acids is 3. The normalized spacial score (nSPS) is 22.3. The maximum absolute atomic E-state index is 14.6. The summed E-state index contributed by atoms with van der Waals surface area (Å²) in [6, 6.07) is 29.8. The Morgan fingerprint density at radius 2 is 1.34 bits per heavy atom. The van der Waals surface area contributed by atoms with Gasteiger partial charge >= 0.3 is 0 Å². The highest BCUT2D eigenvalue weighted by molar-refractivity contribution is 6.35. The molecule has 1 spiro atoms. The van der Waals surface area contributed by atoms with E-state index in [0.717, 1.165) is 16.8 Å². The topological polar surface area (TPSA) is 54.5 Å². The summed E-state index contributed by atoms with van der Waals surface area (Å²) < 4.78 is 0. The van der Waals surface area contributed by atoms with Crippen molar-refractivity contribution < 1.29 is 14.4 Å². The Morgan fingerprint density at radius 1 is 0.737 bits per heavy atom. The van der Waals surface area contributed by atoms with Crippen LogP contribution < -0.4 is 4.90 Å². The number of ketones is 3. The SMILES string of the molecule is O=C(c1ccccc1Cl)[C@H]1[C@H](c2ccccc2)C2(C(=O)c3ccccc3C2=O)[C@@H]2C=Cc3ccccc3N21. The molecule has 4 aromatic rings. The van der Waals surface area contributed by atoms with Crippen LogP contribution in [0.5, 0.6) is 0 Å². The average Bonchev–Trinajstić information content (AvgIpc) is 3.40. The van der Waals surface area contributed by atoms with Gasteiger partial charge in [0.1, 0.15) is 11.5 Å². The number of Topliss-reactive ketones (excluding diaryl/α,β-unsaturated/α-hetero) is 3. The molecule has 3 atom stereocenters. The maximum atomic E-state index is 14.6. The van der Waals surface area contributed by atoms with Crippen LogP contribution in [0.1, 0.15) is 48.1 Å². The molecule has 0 saturated carbocycles. The van der Waals surface area contributed by atoms with Crippen molar-refractivity contribution in [1.82, 2.24) is 0 Å². The lowest BCUT2D eigenvalue weighted by atomic mass is 9.64. The third kappa shape index (κ3) is 2.89. The third-order valence-corrected chi connectivity index (χ3v) is 8.61. The highest BCUT2D eigenvalue weighted by Gasteiger charge is 2.71. The first-order valence-electron chi connectivity index (χ1n) is 12.6. The zero-order valence-electron chi connectivity index (χ0n) is 20.3. The number of anilines is 1. The summed E-state index contributed by atoms with van der Waals surface area (Å²) in [7, 11) is 0. The van der Waals surface area contributed by atoms with Gasteiger partial charge < -0.3 is 4.90 Å². The first kappa shape index (κ1) is 22.9. The molecule has 3 aliphatic rings. The lowest BCUT2D eigenvalue weighted by Crippen LogP contribution is -2.48. The summed E-state index contributed by atoms with van der Waals surface area (Å²) in [4.78, 5) is 45.6. The number of carbonyl (C=O) groups is 3. The van der Waals surface area contributed by atoms with Crippen LogP contribution in [0, 0.1) is 5.41 Å². The smallest absolute Gasteiger partial charge is 0.187 e. The fourth-order valence-corrected chi connectivity index (χ4v) is 7.00. The molecule has 0 amide bonds. The van der Waals surface area contributed by atoms with E-state index in [1.165, 1.54) is 0 Å². The van der Waals surface area contributed by atoms with E-state index in [0.29, 0.717) is 21.7 Å². The minimum Gasteiger partial charge on any atom is -0.352 e. The summed E-state index contributed by atoms with van der Waals surface area (Å²) in [6.07, 6.45) is 3.89. The Kier molecular flexibility index (Phi) is 5.04. The Labute approximate surface area is 225 Å². The van der Waals surface area contributed by atoms with Gasteiger partial charge in [0.15, 0.2) is 17.3 Å². The predicted octanol–water partition coefficient (Wildman–Crippen LogP) is 6.66. The number of halogens is 1. The summed E-state index contributed by atoms with van der Waals surface area (Å²) in [6.45, 7) is 0. The van der Waals surface area contributed by atoms with E-state index in [2.05, 4.69) is 0 Å². The number of hydrogen-bond donors (Lipinski definition) is 0. The number of fused-ring (bicyclic) bond motifs is 5. The number of para-hydroxylation sites is 1. The van der Waals surface area contributed by atoms with Crippen molar-refractivity contribution >= 4 is 40.7 Å². The highest BCUT2D eigenvalue weighted by Crippen LogP contribution is 2.61. The molecule has 0 N–H and O–H groups in total. The summed E-state index contributed by atoms with van der Waals surface area (Å²) in [5.74, 6) is -1.42. The molecular weight excluding hydrogens is 494 g/mol. The van der Waals surface area contributed by atoms with Crippen molar-refractivity contribution in [1.29, 1.82) is 0 Å². The van der Waals surface area contributed by atoms with Crippen LogP contribution in [0.4, 0.5) is 5.69 Å². The molecule has 4 aromatic carbocycles. The number of benzene rings is 4. The van der Waals surface area contributed by atoms with Crippen molar-refractivity contribution in [3.63, 3.8) is 0 Å². The molecule has 0 aromatic heterocycles. The van der Waals surface area contributed by atoms with Gasteiger partial charge in [-0.25, -0.2) is 0 Å². The number of nitrogens with zero attached hydrogens (tertiary/aromatic N) is 1. The van der Waals surface area contributed by atoms with Crippen LogP contribution in [0.3, 0.4) is 0 Å². The van der Waals surface area contributed by atoms with Crippen molar-refractivity contribution in [2.24, 2.45) is 5.41 Å². The molecule has 0 radical (unpaired) electrons. The Hall–Kier alpha value is -4.28. The van der Waals surface area contributed by atoms with Gasteiger partial charge in [0.2, 0.25) is 0 Å². The van der Waals surface area contributed by atoms with Crippen molar-refractivity contribution in [2.75, 3.05) is 4.90 Å². The largest absolute Gasteiger partial charge is 0.352 e. The second-order valence-electron chi connectivity index (χ2n) is 10.0. The molecule has 7 rings (SSSR count). The number of rotatable bonds is 3. The van der Waals surface area contributed by atoms with E-state index in [4.69, 9.17) is 11.6 Å². The molecule has 0 bridgehead atoms. The average molecular weight is 516 g/mol. The fourth-order valence-electron chi connectivity index (χ4n) is 6.77. The zero-order chi connectivity index (χ0) is 26.0. The molecule has 2 aliphatic heterocycles. The van der Waals surface area contributed by atoms with E-state index in [1.54, 1.807) is 48.5 Å². The molecule has 1 saturated heterocycles. The molecule has 2 heterocycles. The van der Waals surface area contributed by atoms with Gasteiger partial charge in [-0.2, -0.15) is 0 Å². The number of hydrogen-bond acceptors (Lipinski definition) is 4. The van der Waals surface area contributed by atoms with Gasteiger partial charge in [0, 0.05) is 28.3 Å². The van der Waals surface area contributed by atoms with Crippen LogP contribution in [0.2, 0.25) is 5.02 Å². The second-order valence-corrected chi connectivity index (χ2v) is 10.4. The lowest BCUT2D eigenvalue weighted by Gasteiger charge is -2.37. The maximum Gasteiger partial charge on any atom is 0.187 e. The van der Waals surface area contributed by atoms with E-state index in [9.17, 15) is 14.4 Å². The molecule has 5 heteroatoms. The van der Waals surface area contributed by atoms with Gasteiger partial charge in [-0.05, 0) is 29.3 Å². The predicted molar refractivity (Wildman–Crippen MR) is 148 cm³/mol. The Bertz CT molecular complexity index is 1640. The molecule has 184 valence electrons. The first-order valence-corrected chi connectivity index (χ1v) is 13.0. The second kappa shape index (κ2) is 8.37. The van der Waals surface area contributed by atoms with Crippen LogP contribution in [-0.2, 0) is 0 Å². The van der Waals surface area contributed by atoms with Crippen LogP contribution >= 0.6 is 11.6 Å². The summed E-state index contributed by atoms with van der Waals surface area (Å²) in [5, 5.41) is 0.343. The summed E-state index contributed by atoms with van der Waals surface area (Å²) >= 11 is 6.56. The zero-order valence-corrected chi connectivity index (χ0v) is 21.0. The standard InChI is InChI=1S/C33H22ClNO3/c34-25-16-8-7-15-24(25)30(36)29-28(21-11-2-1-3-12-21)33(31(37)22-13-5-6-14-23(22)32(33)38)27-19-18-20-10-4-9-17-26(20)35(27)29/h1-19,27-29H/t27-,28-,29+/m0/s1. The van der Waals surface area contributed by atoms with Crippen molar-refractivity contribution in [3.8, 4) is 0 Å². The molecule has 38 heavy (non-hydrogen) atoms. The minimum absolute atomic E-state index is 0.215. The highest BCUT2D eigenvalue weighted by atomic mass is 35.5. The van der Waals surface area contributed by atoms with Gasteiger partial charge in [0.05, 0.1) is 11.1 Å². The van der Waals surface area contributed by atoms with Crippen LogP contribution in [0.15, 0.2) is 109 Å². The van der Waals surface area contributed by atoms with Crippen molar-refractivity contribution in [2.45, 2.75) is 18.0 Å². The van der Waals surface area contributed by atoms with Crippen LogP contribution in [0.25, 0.3) is 6.08 Å². The van der Waals surface area contributed by atoms with Gasteiger partial charge in [-0.15, -0.1) is 0 Å². The molecule has 4 nitrogen and oxygen atoms in total. The third-order valence-electron chi connectivity index (χ3n) is 8.28. The molecule has 1 fully saturated rings. The van der Waals surface area contributed by atoms with E-state index in [-0.39, 0.29) is 17.3 Å². The fraction of sp³-hybridized carbons (Fsp3) is 0.121. The van der Waals surface area contributed by atoms with E-state index in [1.807, 2.05) is 71.6 Å². The first-order chi connectivity index (χ1) is 18.5. The van der Waals surface area contributed by atoms with Gasteiger partial charge in [-0.1, -0.05) is 109 Å². The van der Waals surface area contributed by atoms with E-state index >= 15 is 0 Å². The van der Waals surface area contributed by atoms with E-state index < -0.39 is 23.4 Å². The lowest BCUT2D eigenvalue weighted by molar-refractivity contribution is 0.0666.